The number of para-hydroxylation sites is 1. The predicted molar refractivity (Wildman–Crippen MR) is 98.1 cm³/mol. The number of thiazole rings is 1. The molecule has 6 heteroatoms. The van der Waals surface area contributed by atoms with Crippen LogP contribution in [0.15, 0.2) is 28.7 Å². The number of carbonyl (C=O) groups is 1. The molecule has 1 saturated heterocycles. The number of aromatic nitrogens is 2. The van der Waals surface area contributed by atoms with E-state index in [1.165, 1.54) is 4.70 Å². The largest absolute Gasteiger partial charge is 0.435 e. The number of piperidine rings is 1. The van der Waals surface area contributed by atoms with Crippen LogP contribution in [0.25, 0.3) is 10.2 Å². The summed E-state index contributed by atoms with van der Waals surface area (Å²) in [5.41, 5.74) is 1.73. The molecule has 0 spiro atoms. The molecule has 0 N–H and O–H groups in total. The zero-order chi connectivity index (χ0) is 17.4. The zero-order valence-corrected chi connectivity index (χ0v) is 15.3. The van der Waals surface area contributed by atoms with Crippen LogP contribution in [0.4, 0.5) is 0 Å². The number of hydrogen-bond donors (Lipinski definition) is 0. The van der Waals surface area contributed by atoms with Gasteiger partial charge in [0.2, 0.25) is 5.76 Å². The molecule has 2 aromatic heterocycles. The Hall–Kier alpha value is -2.21. The third kappa shape index (κ3) is 3.06. The Kier molecular flexibility index (Phi) is 4.29. The van der Waals surface area contributed by atoms with Crippen LogP contribution >= 0.6 is 11.3 Å². The van der Waals surface area contributed by atoms with E-state index in [9.17, 15) is 4.79 Å². The van der Waals surface area contributed by atoms with Crippen LogP contribution in [0, 0.1) is 6.92 Å². The van der Waals surface area contributed by atoms with Crippen LogP contribution in [0.3, 0.4) is 0 Å². The van der Waals surface area contributed by atoms with Gasteiger partial charge < -0.3 is 9.32 Å². The van der Waals surface area contributed by atoms with Crippen molar-refractivity contribution < 1.29 is 9.21 Å². The second-order valence-electron chi connectivity index (χ2n) is 6.49. The summed E-state index contributed by atoms with van der Waals surface area (Å²) in [4.78, 5) is 23.9. The number of likely N-dealkylation sites (tertiary alicyclic amines) is 1. The predicted octanol–water partition coefficient (Wildman–Crippen LogP) is 4.17. The first-order valence-corrected chi connectivity index (χ1v) is 9.58. The molecular formula is C19H21N3O2S. The van der Waals surface area contributed by atoms with Gasteiger partial charge in [0.15, 0.2) is 5.89 Å². The summed E-state index contributed by atoms with van der Waals surface area (Å²) < 4.78 is 6.86. The van der Waals surface area contributed by atoms with Crippen LogP contribution in [-0.4, -0.2) is 33.9 Å². The fourth-order valence-corrected chi connectivity index (χ4v) is 4.47. The summed E-state index contributed by atoms with van der Waals surface area (Å²) in [6.07, 6.45) is 2.75. The molecular weight excluding hydrogens is 334 g/mol. The lowest BCUT2D eigenvalue weighted by Gasteiger charge is -2.31. The van der Waals surface area contributed by atoms with Gasteiger partial charge in [0, 0.05) is 25.4 Å². The van der Waals surface area contributed by atoms with Crippen molar-refractivity contribution >= 4 is 27.5 Å². The monoisotopic (exact) mass is 355 g/mol. The average Bonchev–Trinajstić information content (AvgIpc) is 3.24. The van der Waals surface area contributed by atoms with Crippen molar-refractivity contribution in [3.8, 4) is 0 Å². The third-order valence-corrected chi connectivity index (χ3v) is 5.90. The van der Waals surface area contributed by atoms with Crippen molar-refractivity contribution in [1.82, 2.24) is 14.9 Å². The summed E-state index contributed by atoms with van der Waals surface area (Å²) in [7, 11) is 0. The van der Waals surface area contributed by atoms with E-state index in [4.69, 9.17) is 9.40 Å². The Labute approximate surface area is 150 Å². The molecule has 130 valence electrons. The van der Waals surface area contributed by atoms with Crippen LogP contribution in [0.5, 0.6) is 0 Å². The van der Waals surface area contributed by atoms with Gasteiger partial charge in [-0.25, -0.2) is 9.97 Å². The molecule has 25 heavy (non-hydrogen) atoms. The highest BCUT2D eigenvalue weighted by Gasteiger charge is 2.30. The number of nitrogens with zero attached hydrogens (tertiary/aromatic N) is 3. The maximum atomic E-state index is 12.9. The molecule has 3 heterocycles. The molecule has 0 saturated carbocycles. The molecule has 1 aliphatic heterocycles. The average molecular weight is 355 g/mol. The van der Waals surface area contributed by atoms with Crippen molar-refractivity contribution in [3.05, 3.63) is 46.6 Å². The second-order valence-corrected chi connectivity index (χ2v) is 7.55. The highest BCUT2D eigenvalue weighted by molar-refractivity contribution is 7.18. The molecule has 0 bridgehead atoms. The number of rotatable bonds is 3. The molecule has 5 nitrogen and oxygen atoms in total. The molecule has 1 aliphatic rings. The number of aryl methyl sites for hydroxylation is 2. The van der Waals surface area contributed by atoms with Gasteiger partial charge in [-0.1, -0.05) is 19.1 Å². The minimum Gasteiger partial charge on any atom is -0.435 e. The van der Waals surface area contributed by atoms with Crippen LogP contribution in [0.2, 0.25) is 0 Å². The lowest BCUT2D eigenvalue weighted by atomic mass is 9.98. The van der Waals surface area contributed by atoms with E-state index >= 15 is 0 Å². The Bertz CT molecular complexity index is 881. The Balaban J connectivity index is 1.55. The maximum Gasteiger partial charge on any atom is 0.291 e. The van der Waals surface area contributed by atoms with Gasteiger partial charge in [-0.05, 0) is 31.9 Å². The minimum atomic E-state index is -0.0458. The van der Waals surface area contributed by atoms with Crippen molar-refractivity contribution in [1.29, 1.82) is 0 Å². The summed E-state index contributed by atoms with van der Waals surface area (Å²) in [5.74, 6) is 1.27. The third-order valence-electron chi connectivity index (χ3n) is 4.71. The molecule has 1 fully saturated rings. The quantitative estimate of drug-likeness (QED) is 0.707. The fraction of sp³-hybridized carbons (Fsp3) is 0.421. The smallest absolute Gasteiger partial charge is 0.291 e. The lowest BCUT2D eigenvalue weighted by molar-refractivity contribution is 0.0672. The summed E-state index contributed by atoms with van der Waals surface area (Å²) in [6.45, 7) is 5.27. The van der Waals surface area contributed by atoms with Crippen LogP contribution < -0.4 is 0 Å². The number of carbonyl (C=O) groups excluding carboxylic acids is 1. The van der Waals surface area contributed by atoms with E-state index < -0.39 is 0 Å². The molecule has 1 aromatic carbocycles. The van der Waals surface area contributed by atoms with Gasteiger partial charge in [-0.3, -0.25) is 4.79 Å². The first-order valence-electron chi connectivity index (χ1n) is 8.76. The van der Waals surface area contributed by atoms with E-state index in [1.807, 2.05) is 36.9 Å². The van der Waals surface area contributed by atoms with Crippen LogP contribution in [-0.2, 0) is 6.42 Å². The Morgan fingerprint density at radius 1 is 1.36 bits per heavy atom. The zero-order valence-electron chi connectivity index (χ0n) is 14.5. The van der Waals surface area contributed by atoms with Gasteiger partial charge >= 0.3 is 0 Å². The highest BCUT2D eigenvalue weighted by atomic mass is 32.1. The molecule has 1 unspecified atom stereocenters. The first-order chi connectivity index (χ1) is 12.2. The molecule has 3 aromatic rings. The molecule has 0 radical (unpaired) electrons. The number of amides is 1. The Morgan fingerprint density at radius 3 is 2.96 bits per heavy atom. The van der Waals surface area contributed by atoms with Gasteiger partial charge in [0.05, 0.1) is 20.9 Å². The van der Waals surface area contributed by atoms with E-state index in [-0.39, 0.29) is 5.91 Å². The summed E-state index contributed by atoms with van der Waals surface area (Å²) in [6, 6.07) is 8.21. The Morgan fingerprint density at radius 2 is 2.20 bits per heavy atom. The van der Waals surface area contributed by atoms with Crippen molar-refractivity contribution in [2.45, 2.75) is 39.0 Å². The maximum absolute atomic E-state index is 12.9. The SMILES string of the molecule is CCc1nc(C)c(C(=O)N2CCCC(c3nc4ccccc4s3)C2)o1. The van der Waals surface area contributed by atoms with E-state index in [0.717, 1.165) is 29.9 Å². The van der Waals surface area contributed by atoms with E-state index in [0.29, 0.717) is 36.2 Å². The lowest BCUT2D eigenvalue weighted by Crippen LogP contribution is -2.39. The van der Waals surface area contributed by atoms with Gasteiger partial charge in [-0.15, -0.1) is 11.3 Å². The first kappa shape index (κ1) is 16.3. The summed E-state index contributed by atoms with van der Waals surface area (Å²) in [5, 5.41) is 1.13. The molecule has 1 atom stereocenters. The van der Waals surface area contributed by atoms with Crippen molar-refractivity contribution in [2.24, 2.45) is 0 Å². The van der Waals surface area contributed by atoms with E-state index in [2.05, 4.69) is 11.1 Å². The standard InChI is InChI=1S/C19H21N3O2S/c1-3-16-20-12(2)17(24-16)19(23)22-10-6-7-13(11-22)18-21-14-8-4-5-9-15(14)25-18/h4-5,8-9,13H,3,6-7,10-11H2,1-2H3. The van der Waals surface area contributed by atoms with Gasteiger partial charge in [-0.2, -0.15) is 0 Å². The van der Waals surface area contributed by atoms with Gasteiger partial charge in [0.25, 0.3) is 5.91 Å². The topological polar surface area (TPSA) is 59.2 Å². The van der Waals surface area contributed by atoms with Crippen molar-refractivity contribution in [2.75, 3.05) is 13.1 Å². The molecule has 0 aliphatic carbocycles. The molecule has 1 amide bonds. The van der Waals surface area contributed by atoms with Crippen molar-refractivity contribution in [3.63, 3.8) is 0 Å². The normalized spacial score (nSPS) is 18.0. The second kappa shape index (κ2) is 6.59. The van der Waals surface area contributed by atoms with E-state index in [1.54, 1.807) is 11.3 Å². The van der Waals surface area contributed by atoms with Crippen LogP contribution in [0.1, 0.15) is 52.8 Å². The number of oxazole rings is 1. The minimum absolute atomic E-state index is 0.0458. The summed E-state index contributed by atoms with van der Waals surface area (Å²) >= 11 is 1.74. The van der Waals surface area contributed by atoms with Gasteiger partial charge in [0.1, 0.15) is 0 Å². The number of benzene rings is 1. The molecule has 4 rings (SSSR count). The number of hydrogen-bond acceptors (Lipinski definition) is 5. The highest BCUT2D eigenvalue weighted by Crippen LogP contribution is 2.33. The fourth-order valence-electron chi connectivity index (χ4n) is 3.37. The number of fused-ring (bicyclic) bond motifs is 1.